The summed E-state index contributed by atoms with van der Waals surface area (Å²) < 4.78 is 1.77. The first-order chi connectivity index (χ1) is 13.4. The number of hydrogen-bond donors (Lipinski definition) is 2. The maximum absolute atomic E-state index is 12.1. The van der Waals surface area contributed by atoms with Crippen LogP contribution in [0.2, 0.25) is 0 Å². The molecule has 0 bridgehead atoms. The molecule has 1 fully saturated rings. The zero-order valence-corrected chi connectivity index (χ0v) is 16.1. The number of nitrogens with two attached hydrogens (primary N) is 1. The van der Waals surface area contributed by atoms with Gasteiger partial charge >= 0.3 is 0 Å². The highest BCUT2D eigenvalue weighted by molar-refractivity contribution is 6.02. The molecule has 3 N–H and O–H groups in total. The van der Waals surface area contributed by atoms with Crippen molar-refractivity contribution in [1.29, 1.82) is 0 Å². The third-order valence-corrected chi connectivity index (χ3v) is 5.81. The van der Waals surface area contributed by atoms with Crippen molar-refractivity contribution in [3.05, 3.63) is 59.7 Å². The number of anilines is 1. The summed E-state index contributed by atoms with van der Waals surface area (Å²) in [6.07, 6.45) is 6.84. The minimum absolute atomic E-state index is 0.153. The number of nitrogens with one attached hydrogen (secondary N) is 1. The number of amides is 1. The molecule has 0 aliphatic heterocycles. The zero-order chi connectivity index (χ0) is 19.9. The fourth-order valence-electron chi connectivity index (χ4n) is 4.05. The summed E-state index contributed by atoms with van der Waals surface area (Å²) in [5, 5.41) is 7.99. The number of benzene rings is 1. The predicted octanol–water partition coefficient (Wildman–Crippen LogP) is 4.64. The van der Waals surface area contributed by atoms with Gasteiger partial charge in [0.1, 0.15) is 0 Å². The first kappa shape index (κ1) is 18.1. The van der Waals surface area contributed by atoms with E-state index in [0.717, 1.165) is 41.6 Å². The molecule has 0 unspecified atom stereocenters. The van der Waals surface area contributed by atoms with Crippen LogP contribution in [0.15, 0.2) is 42.7 Å². The third kappa shape index (κ3) is 3.09. The van der Waals surface area contributed by atoms with Crippen LogP contribution in [0, 0.1) is 12.0 Å². The first-order valence-corrected chi connectivity index (χ1v) is 9.45. The van der Waals surface area contributed by atoms with E-state index in [1.165, 1.54) is 6.20 Å². The summed E-state index contributed by atoms with van der Waals surface area (Å²) >= 11 is 0. The maximum atomic E-state index is 12.1. The lowest BCUT2D eigenvalue weighted by molar-refractivity contribution is 0.100. The Balaban J connectivity index is 1.81. The van der Waals surface area contributed by atoms with Gasteiger partial charge in [-0.05, 0) is 29.9 Å². The minimum Gasteiger partial charge on any atom is -0.379 e. The van der Waals surface area contributed by atoms with Crippen LogP contribution < -0.4 is 11.1 Å². The van der Waals surface area contributed by atoms with E-state index in [1.54, 1.807) is 16.6 Å². The number of fused-ring (bicyclic) bond motifs is 1. The SMILES string of the molecule is [C-]#[N+]c1ccc(-c2cc3c(N[C@@H]4CCCC4(C)C)c(C(N)=O)cnn3c2)cc1. The van der Waals surface area contributed by atoms with Crippen LogP contribution in [0.25, 0.3) is 21.5 Å². The van der Waals surface area contributed by atoms with Gasteiger partial charge in [0.15, 0.2) is 5.69 Å². The lowest BCUT2D eigenvalue weighted by Gasteiger charge is -2.29. The fraction of sp³-hybridized carbons (Fsp3) is 0.318. The van der Waals surface area contributed by atoms with Gasteiger partial charge in [0.2, 0.25) is 0 Å². The maximum Gasteiger partial charge on any atom is 0.252 e. The highest BCUT2D eigenvalue weighted by Crippen LogP contribution is 2.40. The largest absolute Gasteiger partial charge is 0.379 e. The molecule has 2 heterocycles. The number of carbonyl (C=O) groups excluding carboxylic acids is 1. The number of primary amides is 1. The Hall–Kier alpha value is -3.33. The van der Waals surface area contributed by atoms with E-state index in [1.807, 2.05) is 24.4 Å². The molecule has 1 saturated carbocycles. The fourth-order valence-corrected chi connectivity index (χ4v) is 4.05. The monoisotopic (exact) mass is 373 g/mol. The molecule has 0 spiro atoms. The summed E-state index contributed by atoms with van der Waals surface area (Å²) in [4.78, 5) is 15.5. The standard InChI is InChI=1S/C22H23N5O/c1-22(2)10-4-5-19(22)26-20-17(21(23)28)12-25-27-13-15(11-18(20)27)14-6-8-16(24-3)9-7-14/h6-9,11-13,19,26H,4-5,10H2,1-2H3,(H2,23,28)/t19-/m1/s1. The first-order valence-electron chi connectivity index (χ1n) is 9.45. The number of nitrogens with zero attached hydrogens (tertiary/aromatic N) is 3. The Labute approximate surface area is 164 Å². The predicted molar refractivity (Wildman–Crippen MR) is 110 cm³/mol. The van der Waals surface area contributed by atoms with Gasteiger partial charge in [0, 0.05) is 17.8 Å². The Kier molecular flexibility index (Phi) is 4.31. The van der Waals surface area contributed by atoms with Gasteiger partial charge in [-0.25, -0.2) is 9.36 Å². The van der Waals surface area contributed by atoms with Crippen LogP contribution in [0.1, 0.15) is 43.5 Å². The normalized spacial score (nSPS) is 18.1. The van der Waals surface area contributed by atoms with Gasteiger partial charge in [0.25, 0.3) is 5.91 Å². The topological polar surface area (TPSA) is 76.8 Å². The van der Waals surface area contributed by atoms with E-state index in [4.69, 9.17) is 12.3 Å². The van der Waals surface area contributed by atoms with Crippen molar-refractivity contribution in [3.8, 4) is 11.1 Å². The molecule has 1 aromatic carbocycles. The number of aromatic nitrogens is 2. The van der Waals surface area contributed by atoms with Crippen LogP contribution >= 0.6 is 0 Å². The molecular weight excluding hydrogens is 350 g/mol. The van der Waals surface area contributed by atoms with Crippen LogP contribution in [0.3, 0.4) is 0 Å². The molecule has 2 aromatic heterocycles. The lowest BCUT2D eigenvalue weighted by atomic mass is 9.87. The highest BCUT2D eigenvalue weighted by atomic mass is 16.1. The number of rotatable bonds is 4. The van der Waals surface area contributed by atoms with E-state index in [2.05, 4.69) is 29.1 Å². The second kappa shape index (κ2) is 6.68. The van der Waals surface area contributed by atoms with Crippen LogP contribution in [-0.2, 0) is 0 Å². The van der Waals surface area contributed by atoms with Gasteiger partial charge in [-0.2, -0.15) is 5.10 Å². The van der Waals surface area contributed by atoms with Crippen molar-refractivity contribution < 1.29 is 4.79 Å². The molecule has 1 amide bonds. The van der Waals surface area contributed by atoms with Gasteiger partial charge < -0.3 is 11.1 Å². The van der Waals surface area contributed by atoms with E-state index in [9.17, 15) is 4.79 Å². The summed E-state index contributed by atoms with van der Waals surface area (Å²) in [7, 11) is 0. The molecule has 6 heteroatoms. The molecule has 4 rings (SSSR count). The Morgan fingerprint density at radius 1 is 1.32 bits per heavy atom. The number of hydrogen-bond acceptors (Lipinski definition) is 3. The lowest BCUT2D eigenvalue weighted by Crippen LogP contribution is -2.32. The van der Waals surface area contributed by atoms with Gasteiger partial charge in [0.05, 0.1) is 29.5 Å². The van der Waals surface area contributed by atoms with Crippen molar-refractivity contribution >= 4 is 22.8 Å². The molecule has 1 aliphatic rings. The number of carbonyl (C=O) groups is 1. The van der Waals surface area contributed by atoms with Crippen LogP contribution in [-0.4, -0.2) is 21.6 Å². The summed E-state index contributed by atoms with van der Waals surface area (Å²) in [6, 6.07) is 9.72. The minimum atomic E-state index is -0.488. The van der Waals surface area contributed by atoms with E-state index in [0.29, 0.717) is 11.3 Å². The molecule has 6 nitrogen and oxygen atoms in total. The highest BCUT2D eigenvalue weighted by Gasteiger charge is 2.35. The molecule has 1 atom stereocenters. The summed E-state index contributed by atoms with van der Waals surface area (Å²) in [5.41, 5.74) is 10.3. The van der Waals surface area contributed by atoms with Gasteiger partial charge in [-0.15, -0.1) is 0 Å². The molecular formula is C22H23N5O. The van der Waals surface area contributed by atoms with Gasteiger partial charge in [-0.1, -0.05) is 44.5 Å². The van der Waals surface area contributed by atoms with Crippen LogP contribution in [0.5, 0.6) is 0 Å². The average molecular weight is 373 g/mol. The molecule has 3 aromatic rings. The molecule has 28 heavy (non-hydrogen) atoms. The average Bonchev–Trinajstić information content (AvgIpc) is 3.25. The molecule has 1 aliphatic carbocycles. The quantitative estimate of drug-likeness (QED) is 0.654. The van der Waals surface area contributed by atoms with E-state index < -0.39 is 5.91 Å². The molecule has 0 saturated heterocycles. The second-order valence-corrected chi connectivity index (χ2v) is 8.09. The molecule has 0 radical (unpaired) electrons. The van der Waals surface area contributed by atoms with Gasteiger partial charge in [-0.3, -0.25) is 4.79 Å². The third-order valence-electron chi connectivity index (χ3n) is 5.81. The summed E-state index contributed by atoms with van der Waals surface area (Å²) in [5.74, 6) is -0.488. The van der Waals surface area contributed by atoms with Crippen molar-refractivity contribution in [2.75, 3.05) is 5.32 Å². The van der Waals surface area contributed by atoms with Crippen molar-refractivity contribution in [1.82, 2.24) is 9.61 Å². The second-order valence-electron chi connectivity index (χ2n) is 8.09. The van der Waals surface area contributed by atoms with Crippen LogP contribution in [0.4, 0.5) is 11.4 Å². The van der Waals surface area contributed by atoms with Crippen molar-refractivity contribution in [3.63, 3.8) is 0 Å². The Morgan fingerprint density at radius 3 is 2.68 bits per heavy atom. The smallest absolute Gasteiger partial charge is 0.252 e. The van der Waals surface area contributed by atoms with Crippen molar-refractivity contribution in [2.24, 2.45) is 11.1 Å². The Bertz CT molecular complexity index is 1090. The van der Waals surface area contributed by atoms with E-state index in [-0.39, 0.29) is 11.5 Å². The van der Waals surface area contributed by atoms with Crippen molar-refractivity contribution in [2.45, 2.75) is 39.2 Å². The van der Waals surface area contributed by atoms with E-state index >= 15 is 0 Å². The zero-order valence-electron chi connectivity index (χ0n) is 16.1. The molecule has 142 valence electrons. The summed E-state index contributed by atoms with van der Waals surface area (Å²) in [6.45, 7) is 11.6. The Morgan fingerprint density at radius 2 is 2.07 bits per heavy atom.